The Morgan fingerprint density at radius 1 is 1.42 bits per heavy atom. The van der Waals surface area contributed by atoms with E-state index in [1.807, 2.05) is 6.26 Å². The monoisotopic (exact) mass is 298 g/mol. The Balaban J connectivity index is 2.02. The summed E-state index contributed by atoms with van der Waals surface area (Å²) in [6, 6.07) is 5.89. The first-order valence-corrected chi connectivity index (χ1v) is 7.77. The number of benzene rings is 1. The molecule has 0 aliphatic carbocycles. The number of hydrogen-bond donors (Lipinski definition) is 1. The van der Waals surface area contributed by atoms with Gasteiger partial charge in [0, 0.05) is 0 Å². The summed E-state index contributed by atoms with van der Waals surface area (Å²) in [5.74, 6) is 0.634. The Bertz CT molecular complexity index is 478. The van der Waals surface area contributed by atoms with Gasteiger partial charge in [0.05, 0.1) is 6.54 Å². The average Bonchev–Trinajstić information content (AvgIpc) is 2.66. The number of carbonyl (C=O) groups excluding carboxylic acids is 1. The van der Waals surface area contributed by atoms with E-state index in [2.05, 4.69) is 5.32 Å². The molecule has 1 aliphatic heterocycles. The number of amides is 1. The highest BCUT2D eigenvalue weighted by atomic mass is 32.2. The Morgan fingerprint density at radius 2 is 2.11 bits per heavy atom. The third kappa shape index (κ3) is 3.45. The van der Waals surface area contributed by atoms with Crippen molar-refractivity contribution in [1.29, 1.82) is 0 Å². The van der Waals surface area contributed by atoms with Gasteiger partial charge in [-0.2, -0.15) is 11.8 Å². The molecule has 0 spiro atoms. The first kappa shape index (κ1) is 14.3. The minimum absolute atomic E-state index is 0.00313. The fourth-order valence-electron chi connectivity index (χ4n) is 1.93. The molecule has 0 bridgehead atoms. The molecule has 1 amide bonds. The maximum atomic E-state index is 12.8. The topological polar surface area (TPSA) is 32.3 Å². The molecule has 1 aliphatic rings. The van der Waals surface area contributed by atoms with Crippen LogP contribution in [0.25, 0.3) is 0 Å². The summed E-state index contributed by atoms with van der Waals surface area (Å²) in [6.07, 6.45) is 2.77. The van der Waals surface area contributed by atoms with Crippen LogP contribution < -0.4 is 5.32 Å². The fraction of sp³-hybridized carbons (Fsp3) is 0.385. The van der Waals surface area contributed by atoms with Gasteiger partial charge in [0.25, 0.3) is 5.91 Å². The van der Waals surface area contributed by atoms with E-state index in [0.717, 1.165) is 17.7 Å². The van der Waals surface area contributed by atoms with Gasteiger partial charge in [0.15, 0.2) is 5.11 Å². The molecule has 102 valence electrons. The zero-order valence-corrected chi connectivity index (χ0v) is 12.2. The number of halogens is 1. The molecule has 1 fully saturated rings. The first-order valence-electron chi connectivity index (χ1n) is 5.97. The van der Waals surface area contributed by atoms with Gasteiger partial charge in [-0.3, -0.25) is 9.69 Å². The number of rotatable bonds is 5. The lowest BCUT2D eigenvalue weighted by molar-refractivity contribution is -0.127. The Morgan fingerprint density at radius 3 is 2.74 bits per heavy atom. The lowest BCUT2D eigenvalue weighted by atomic mass is 10.2. The second-order valence-corrected chi connectivity index (χ2v) is 5.71. The van der Waals surface area contributed by atoms with Crippen LogP contribution in [0, 0.1) is 5.82 Å². The molecule has 1 aromatic rings. The Labute approximate surface area is 121 Å². The zero-order valence-electron chi connectivity index (χ0n) is 10.6. The summed E-state index contributed by atoms with van der Waals surface area (Å²) in [5, 5.41) is 3.50. The minimum Gasteiger partial charge on any atom is -0.350 e. The summed E-state index contributed by atoms with van der Waals surface area (Å²) in [4.78, 5) is 13.7. The molecule has 0 unspecified atom stereocenters. The van der Waals surface area contributed by atoms with Crippen molar-refractivity contribution in [2.75, 3.05) is 12.0 Å². The number of thioether (sulfide) groups is 1. The predicted molar refractivity (Wildman–Crippen MR) is 79.5 cm³/mol. The van der Waals surface area contributed by atoms with Gasteiger partial charge in [0.1, 0.15) is 11.9 Å². The maximum absolute atomic E-state index is 12.8. The van der Waals surface area contributed by atoms with E-state index in [9.17, 15) is 9.18 Å². The highest BCUT2D eigenvalue weighted by Crippen LogP contribution is 2.15. The van der Waals surface area contributed by atoms with Gasteiger partial charge >= 0.3 is 0 Å². The second-order valence-electron chi connectivity index (χ2n) is 4.33. The summed E-state index contributed by atoms with van der Waals surface area (Å²) in [5.41, 5.74) is 0.865. The van der Waals surface area contributed by atoms with Crippen molar-refractivity contribution < 1.29 is 9.18 Å². The van der Waals surface area contributed by atoms with Crippen molar-refractivity contribution in [3.05, 3.63) is 35.6 Å². The van der Waals surface area contributed by atoms with E-state index in [-0.39, 0.29) is 17.8 Å². The largest absolute Gasteiger partial charge is 0.350 e. The molecule has 1 saturated heterocycles. The molecular formula is C13H15FN2OS2. The van der Waals surface area contributed by atoms with Gasteiger partial charge in [-0.05, 0) is 48.3 Å². The number of carbonyl (C=O) groups is 1. The van der Waals surface area contributed by atoms with Crippen molar-refractivity contribution in [2.24, 2.45) is 0 Å². The van der Waals surface area contributed by atoms with E-state index in [0.29, 0.717) is 11.7 Å². The Hall–Kier alpha value is -1.14. The van der Waals surface area contributed by atoms with Crippen LogP contribution in [-0.2, 0) is 11.3 Å². The van der Waals surface area contributed by atoms with Gasteiger partial charge < -0.3 is 5.32 Å². The molecule has 1 aromatic carbocycles. The van der Waals surface area contributed by atoms with Crippen molar-refractivity contribution in [2.45, 2.75) is 19.0 Å². The molecule has 19 heavy (non-hydrogen) atoms. The third-order valence-electron chi connectivity index (χ3n) is 2.97. The summed E-state index contributed by atoms with van der Waals surface area (Å²) in [6.45, 7) is 0.390. The van der Waals surface area contributed by atoms with E-state index >= 15 is 0 Å². The molecule has 1 heterocycles. The molecule has 0 radical (unpaired) electrons. The molecule has 1 atom stereocenters. The van der Waals surface area contributed by atoms with Crippen LogP contribution in [0.2, 0.25) is 0 Å². The molecule has 0 aromatic heterocycles. The van der Waals surface area contributed by atoms with Crippen molar-refractivity contribution >= 4 is 35.0 Å². The number of hydrogen-bond acceptors (Lipinski definition) is 3. The van der Waals surface area contributed by atoms with Crippen LogP contribution in [0.5, 0.6) is 0 Å². The SMILES string of the molecule is CSCC[C@@H]1NC(=S)N(Cc2ccc(F)cc2)C1=O. The third-order valence-corrected chi connectivity index (χ3v) is 3.95. The maximum Gasteiger partial charge on any atom is 0.251 e. The Kier molecular flexibility index (Phi) is 4.76. The van der Waals surface area contributed by atoms with Crippen molar-refractivity contribution in [3.8, 4) is 0 Å². The van der Waals surface area contributed by atoms with Crippen LogP contribution in [0.1, 0.15) is 12.0 Å². The van der Waals surface area contributed by atoms with Crippen LogP contribution in [0.4, 0.5) is 4.39 Å². The normalized spacial score (nSPS) is 18.8. The standard InChI is InChI=1S/C13H15FN2OS2/c1-19-7-6-11-12(17)16(13(18)15-11)8-9-2-4-10(14)5-3-9/h2-5,11H,6-8H2,1H3,(H,15,18)/t11-/m0/s1. The molecule has 1 N–H and O–H groups in total. The van der Waals surface area contributed by atoms with Gasteiger partial charge in [-0.15, -0.1) is 0 Å². The number of nitrogens with one attached hydrogen (secondary N) is 1. The van der Waals surface area contributed by atoms with Crippen molar-refractivity contribution in [1.82, 2.24) is 10.2 Å². The van der Waals surface area contributed by atoms with Crippen molar-refractivity contribution in [3.63, 3.8) is 0 Å². The lowest BCUT2D eigenvalue weighted by Crippen LogP contribution is -2.31. The summed E-state index contributed by atoms with van der Waals surface area (Å²) in [7, 11) is 0. The van der Waals surface area contributed by atoms with E-state index < -0.39 is 0 Å². The number of thiocarbonyl (C=S) groups is 1. The first-order chi connectivity index (χ1) is 9.11. The highest BCUT2D eigenvalue weighted by Gasteiger charge is 2.34. The molecule has 2 rings (SSSR count). The molecular weight excluding hydrogens is 283 g/mol. The summed E-state index contributed by atoms with van der Waals surface area (Å²) >= 11 is 6.89. The lowest BCUT2D eigenvalue weighted by Gasteiger charge is -2.14. The summed E-state index contributed by atoms with van der Waals surface area (Å²) < 4.78 is 12.8. The zero-order chi connectivity index (χ0) is 13.8. The van der Waals surface area contributed by atoms with Gasteiger partial charge in [-0.25, -0.2) is 4.39 Å². The predicted octanol–water partition coefficient (Wildman–Crippen LogP) is 2.16. The van der Waals surface area contributed by atoms with E-state index in [1.165, 1.54) is 12.1 Å². The average molecular weight is 298 g/mol. The number of nitrogens with zero attached hydrogens (tertiary/aromatic N) is 1. The molecule has 0 saturated carbocycles. The highest BCUT2D eigenvalue weighted by molar-refractivity contribution is 7.98. The van der Waals surface area contributed by atoms with Gasteiger partial charge in [0.2, 0.25) is 0 Å². The van der Waals surface area contributed by atoms with Crippen LogP contribution >= 0.6 is 24.0 Å². The smallest absolute Gasteiger partial charge is 0.251 e. The van der Waals surface area contributed by atoms with Crippen LogP contribution in [-0.4, -0.2) is 34.0 Å². The minimum atomic E-state index is -0.282. The van der Waals surface area contributed by atoms with E-state index in [1.54, 1.807) is 28.8 Å². The quantitative estimate of drug-likeness (QED) is 0.845. The molecule has 6 heteroatoms. The van der Waals surface area contributed by atoms with Crippen LogP contribution in [0.15, 0.2) is 24.3 Å². The second kappa shape index (κ2) is 6.34. The van der Waals surface area contributed by atoms with Crippen LogP contribution in [0.3, 0.4) is 0 Å². The molecule has 3 nitrogen and oxygen atoms in total. The fourth-order valence-corrected chi connectivity index (χ4v) is 2.70. The van der Waals surface area contributed by atoms with E-state index in [4.69, 9.17) is 12.2 Å². The van der Waals surface area contributed by atoms with Gasteiger partial charge in [-0.1, -0.05) is 12.1 Å².